The fourth-order valence-corrected chi connectivity index (χ4v) is 2.07. The zero-order valence-electron chi connectivity index (χ0n) is 10.2. The van der Waals surface area contributed by atoms with Crippen LogP contribution in [0.4, 0.5) is 11.6 Å². The van der Waals surface area contributed by atoms with Gasteiger partial charge in [0, 0.05) is 18.9 Å². The van der Waals surface area contributed by atoms with E-state index in [1.807, 2.05) is 6.92 Å². The van der Waals surface area contributed by atoms with Crippen LogP contribution in [-0.4, -0.2) is 31.4 Å². The zero-order chi connectivity index (χ0) is 13.7. The number of hydrogen-bond donors (Lipinski definition) is 2. The van der Waals surface area contributed by atoms with Gasteiger partial charge in [-0.05, 0) is 18.2 Å². The van der Waals surface area contributed by atoms with Gasteiger partial charge in [-0.3, -0.25) is 10.1 Å². The molecule has 9 heteroatoms. The van der Waals surface area contributed by atoms with E-state index in [4.69, 9.17) is 0 Å². The summed E-state index contributed by atoms with van der Waals surface area (Å²) in [5.41, 5.74) is -0.136. The van der Waals surface area contributed by atoms with Crippen LogP contribution in [0.25, 0.3) is 0 Å². The first-order valence-corrected chi connectivity index (χ1v) is 6.45. The first kappa shape index (κ1) is 13.3. The van der Waals surface area contributed by atoms with E-state index in [0.717, 1.165) is 18.2 Å². The predicted octanol–water partition coefficient (Wildman–Crippen LogP) is 2.08. The van der Waals surface area contributed by atoms with Crippen molar-refractivity contribution in [2.45, 2.75) is 23.5 Å². The molecule has 2 heterocycles. The van der Waals surface area contributed by atoms with E-state index in [-0.39, 0.29) is 10.7 Å². The largest absolute Gasteiger partial charge is 0.354 e. The third-order valence-corrected chi connectivity index (χ3v) is 3.04. The van der Waals surface area contributed by atoms with E-state index in [9.17, 15) is 10.1 Å². The lowest BCUT2D eigenvalue weighted by Gasteiger charge is -2.04. The lowest BCUT2D eigenvalue weighted by Crippen LogP contribution is -2.06. The highest BCUT2D eigenvalue weighted by Gasteiger charge is 2.19. The van der Waals surface area contributed by atoms with Gasteiger partial charge in [-0.1, -0.05) is 6.92 Å². The second-order valence-corrected chi connectivity index (χ2v) is 4.54. The van der Waals surface area contributed by atoms with Crippen LogP contribution in [0, 0.1) is 10.1 Å². The van der Waals surface area contributed by atoms with Crippen molar-refractivity contribution in [1.82, 2.24) is 19.9 Å². The smallest absolute Gasteiger partial charge is 0.320 e. The molecule has 19 heavy (non-hydrogen) atoms. The molecule has 0 unspecified atom stereocenters. The van der Waals surface area contributed by atoms with Gasteiger partial charge in [0.15, 0.2) is 10.2 Å². The molecular formula is C10H12N6O2S. The Morgan fingerprint density at radius 2 is 2.37 bits per heavy atom. The van der Waals surface area contributed by atoms with Crippen molar-refractivity contribution in [3.8, 4) is 0 Å². The van der Waals surface area contributed by atoms with E-state index in [1.54, 1.807) is 12.4 Å². The summed E-state index contributed by atoms with van der Waals surface area (Å²) >= 11 is 1.10. The number of anilines is 1. The summed E-state index contributed by atoms with van der Waals surface area (Å²) in [4.78, 5) is 25.4. The summed E-state index contributed by atoms with van der Waals surface area (Å²) in [6.07, 6.45) is 5.34. The number of nitrogens with zero attached hydrogens (tertiary/aromatic N) is 4. The number of aromatic amines is 1. The average molecular weight is 280 g/mol. The maximum atomic E-state index is 10.9. The number of H-pyrrole nitrogens is 1. The molecule has 0 aliphatic rings. The molecule has 0 aromatic carbocycles. The monoisotopic (exact) mass is 280 g/mol. The average Bonchev–Trinajstić information content (AvgIpc) is 2.89. The molecular weight excluding hydrogens is 268 g/mol. The minimum Gasteiger partial charge on any atom is -0.354 e. The first-order chi connectivity index (χ1) is 9.20. The molecule has 0 fully saturated rings. The minimum atomic E-state index is -0.505. The molecule has 0 radical (unpaired) electrons. The molecule has 2 N–H and O–H groups in total. The van der Waals surface area contributed by atoms with E-state index < -0.39 is 4.92 Å². The van der Waals surface area contributed by atoms with Gasteiger partial charge < -0.3 is 10.3 Å². The second kappa shape index (κ2) is 6.14. The molecule has 0 saturated carbocycles. The summed E-state index contributed by atoms with van der Waals surface area (Å²) in [6, 6.07) is 0. The van der Waals surface area contributed by atoms with Gasteiger partial charge in [0.1, 0.15) is 6.20 Å². The van der Waals surface area contributed by atoms with Crippen molar-refractivity contribution in [1.29, 1.82) is 0 Å². The van der Waals surface area contributed by atoms with Crippen molar-refractivity contribution < 1.29 is 4.92 Å². The SMILES string of the molecule is CCCNc1ncc([N+](=O)[O-])c(Sc2ncc[nH]2)n1. The van der Waals surface area contributed by atoms with Gasteiger partial charge in [0.05, 0.1) is 4.92 Å². The lowest BCUT2D eigenvalue weighted by molar-refractivity contribution is -0.388. The van der Waals surface area contributed by atoms with Crippen LogP contribution in [-0.2, 0) is 0 Å². The Bertz CT molecular complexity index is 559. The molecule has 100 valence electrons. The number of aromatic nitrogens is 4. The molecule has 0 spiro atoms. The standard InChI is InChI=1S/C10H12N6O2S/c1-2-3-11-9-14-6-7(16(17)18)8(15-9)19-10-12-4-5-13-10/h4-6H,2-3H2,1H3,(H,12,13)(H,11,14,15). The molecule has 2 rings (SSSR count). The minimum absolute atomic E-state index is 0.136. The van der Waals surface area contributed by atoms with Crippen molar-refractivity contribution in [3.63, 3.8) is 0 Å². The van der Waals surface area contributed by atoms with Crippen LogP contribution in [0.2, 0.25) is 0 Å². The van der Waals surface area contributed by atoms with Gasteiger partial charge >= 0.3 is 5.69 Å². The van der Waals surface area contributed by atoms with Crippen LogP contribution in [0.5, 0.6) is 0 Å². The quantitative estimate of drug-likeness (QED) is 0.473. The molecule has 8 nitrogen and oxygen atoms in total. The Kier molecular flexibility index (Phi) is 4.29. The maximum absolute atomic E-state index is 10.9. The topological polar surface area (TPSA) is 110 Å². The summed E-state index contributed by atoms with van der Waals surface area (Å²) in [5, 5.41) is 14.7. The maximum Gasteiger partial charge on any atom is 0.320 e. The van der Waals surface area contributed by atoms with Crippen LogP contribution < -0.4 is 5.32 Å². The molecule has 0 bridgehead atoms. The van der Waals surface area contributed by atoms with Crippen molar-refractivity contribution in [2.75, 3.05) is 11.9 Å². The highest BCUT2D eigenvalue weighted by molar-refractivity contribution is 7.99. The molecule has 0 atom stereocenters. The van der Waals surface area contributed by atoms with E-state index in [1.165, 1.54) is 6.20 Å². The Balaban J connectivity index is 2.27. The fourth-order valence-electron chi connectivity index (χ4n) is 1.28. The molecule has 0 amide bonds. The number of imidazole rings is 1. The second-order valence-electron chi connectivity index (χ2n) is 3.56. The molecule has 2 aromatic heterocycles. The lowest BCUT2D eigenvalue weighted by atomic mass is 10.5. The normalized spacial score (nSPS) is 10.4. The van der Waals surface area contributed by atoms with E-state index >= 15 is 0 Å². The van der Waals surface area contributed by atoms with Gasteiger partial charge in [-0.15, -0.1) is 0 Å². The Labute approximate surface area is 113 Å². The highest BCUT2D eigenvalue weighted by atomic mass is 32.2. The van der Waals surface area contributed by atoms with Gasteiger partial charge in [-0.2, -0.15) is 4.98 Å². The fraction of sp³-hybridized carbons (Fsp3) is 0.300. The first-order valence-electron chi connectivity index (χ1n) is 5.63. The highest BCUT2D eigenvalue weighted by Crippen LogP contribution is 2.31. The number of hydrogen-bond acceptors (Lipinski definition) is 7. The number of rotatable bonds is 6. The molecule has 0 aliphatic heterocycles. The Morgan fingerprint density at radius 3 is 3.00 bits per heavy atom. The zero-order valence-corrected chi connectivity index (χ0v) is 11.0. The van der Waals surface area contributed by atoms with Crippen LogP contribution >= 0.6 is 11.8 Å². The van der Waals surface area contributed by atoms with E-state index in [0.29, 0.717) is 17.6 Å². The Hall–Kier alpha value is -2.16. The summed E-state index contributed by atoms with van der Waals surface area (Å²) in [6.45, 7) is 2.72. The third-order valence-electron chi connectivity index (χ3n) is 2.13. The van der Waals surface area contributed by atoms with Crippen LogP contribution in [0.3, 0.4) is 0 Å². The summed E-state index contributed by atoms with van der Waals surface area (Å²) < 4.78 is 0. The van der Waals surface area contributed by atoms with Crippen molar-refractivity contribution in [2.24, 2.45) is 0 Å². The number of nitrogens with one attached hydrogen (secondary N) is 2. The molecule has 0 saturated heterocycles. The third kappa shape index (κ3) is 3.41. The van der Waals surface area contributed by atoms with Gasteiger partial charge in [-0.25, -0.2) is 9.97 Å². The molecule has 0 aliphatic carbocycles. The van der Waals surface area contributed by atoms with E-state index in [2.05, 4.69) is 25.3 Å². The van der Waals surface area contributed by atoms with Crippen LogP contribution in [0.15, 0.2) is 28.8 Å². The van der Waals surface area contributed by atoms with Crippen molar-refractivity contribution in [3.05, 3.63) is 28.7 Å². The summed E-state index contributed by atoms with van der Waals surface area (Å²) in [5.74, 6) is 0.376. The number of nitro groups is 1. The van der Waals surface area contributed by atoms with Crippen LogP contribution in [0.1, 0.15) is 13.3 Å². The van der Waals surface area contributed by atoms with Crippen molar-refractivity contribution >= 4 is 23.4 Å². The summed E-state index contributed by atoms with van der Waals surface area (Å²) in [7, 11) is 0. The van der Waals surface area contributed by atoms with Gasteiger partial charge in [0.25, 0.3) is 0 Å². The Morgan fingerprint density at radius 1 is 1.53 bits per heavy atom. The predicted molar refractivity (Wildman–Crippen MR) is 70.2 cm³/mol. The van der Waals surface area contributed by atoms with Gasteiger partial charge in [0.2, 0.25) is 5.95 Å². The molecule has 2 aromatic rings.